The van der Waals surface area contributed by atoms with Gasteiger partial charge in [-0.05, 0) is 68.8 Å². The highest BCUT2D eigenvalue weighted by molar-refractivity contribution is 6.26. The first-order chi connectivity index (χ1) is 29.0. The molecule has 3 aromatic heterocycles. The van der Waals surface area contributed by atoms with E-state index in [4.69, 9.17) is 19.4 Å². The molecule has 5 heteroatoms. The van der Waals surface area contributed by atoms with Gasteiger partial charge in [-0.2, -0.15) is 9.97 Å². The first kappa shape index (κ1) is 33.5. The summed E-state index contributed by atoms with van der Waals surface area (Å²) in [7, 11) is 0. The third-order valence-electron chi connectivity index (χ3n) is 12.3. The van der Waals surface area contributed by atoms with E-state index in [1.807, 2.05) is 30.3 Å². The molecule has 59 heavy (non-hydrogen) atoms. The van der Waals surface area contributed by atoms with Gasteiger partial charge in [-0.1, -0.05) is 172 Å². The van der Waals surface area contributed by atoms with E-state index in [1.54, 1.807) is 0 Å². The van der Waals surface area contributed by atoms with Gasteiger partial charge in [-0.3, -0.25) is 4.57 Å². The molecule has 0 spiro atoms. The molecule has 0 atom stereocenters. The molecule has 0 bridgehead atoms. The van der Waals surface area contributed by atoms with Crippen LogP contribution < -0.4 is 0 Å². The number of fused-ring (bicyclic) bond motifs is 10. The van der Waals surface area contributed by atoms with Crippen molar-refractivity contribution < 1.29 is 4.42 Å². The van der Waals surface area contributed by atoms with Crippen molar-refractivity contribution in [3.05, 3.63) is 193 Å². The number of hydrogen-bond donors (Lipinski definition) is 0. The van der Waals surface area contributed by atoms with E-state index in [0.717, 1.165) is 77.1 Å². The highest BCUT2D eigenvalue weighted by atomic mass is 16.3. The summed E-state index contributed by atoms with van der Waals surface area (Å²) >= 11 is 0. The summed E-state index contributed by atoms with van der Waals surface area (Å²) in [6.45, 7) is 4.68. The zero-order valence-electron chi connectivity index (χ0n) is 32.5. The zero-order valence-corrected chi connectivity index (χ0v) is 32.5. The van der Waals surface area contributed by atoms with Gasteiger partial charge in [0.05, 0.1) is 5.52 Å². The quantitative estimate of drug-likeness (QED) is 0.175. The van der Waals surface area contributed by atoms with Gasteiger partial charge in [0, 0.05) is 38.1 Å². The predicted molar refractivity (Wildman–Crippen MR) is 241 cm³/mol. The van der Waals surface area contributed by atoms with Crippen molar-refractivity contribution in [3.63, 3.8) is 0 Å². The second kappa shape index (κ2) is 12.7. The first-order valence-electron chi connectivity index (χ1n) is 20.1. The Kier molecular flexibility index (Phi) is 7.20. The monoisotopic (exact) mass is 756 g/mol. The maximum atomic E-state index is 6.89. The maximum Gasteiger partial charge on any atom is 0.238 e. The Labute approximate surface area is 340 Å². The Hall–Kier alpha value is -7.63. The van der Waals surface area contributed by atoms with Gasteiger partial charge in [0.25, 0.3) is 0 Å². The van der Waals surface area contributed by atoms with Crippen LogP contribution in [0.4, 0.5) is 0 Å². The summed E-state index contributed by atoms with van der Waals surface area (Å²) in [5.74, 6) is 1.72. The van der Waals surface area contributed by atoms with E-state index < -0.39 is 0 Å². The summed E-state index contributed by atoms with van der Waals surface area (Å²) in [5.41, 5.74) is 15.1. The molecule has 12 rings (SSSR count). The molecule has 8 aromatic carbocycles. The number of aromatic nitrogens is 4. The molecule has 0 amide bonds. The van der Waals surface area contributed by atoms with Crippen LogP contribution in [-0.4, -0.2) is 19.5 Å². The van der Waals surface area contributed by atoms with Crippen molar-refractivity contribution in [2.45, 2.75) is 19.3 Å². The summed E-state index contributed by atoms with van der Waals surface area (Å²) in [6, 6.07) is 64.1. The van der Waals surface area contributed by atoms with Gasteiger partial charge < -0.3 is 4.42 Å². The average Bonchev–Trinajstić information content (AvgIpc) is 3.92. The third kappa shape index (κ3) is 5.08. The summed E-state index contributed by atoms with van der Waals surface area (Å²) in [6.07, 6.45) is 0. The second-order valence-corrected chi connectivity index (χ2v) is 16.0. The molecule has 1 aliphatic rings. The van der Waals surface area contributed by atoms with Crippen molar-refractivity contribution >= 4 is 43.7 Å². The Morgan fingerprint density at radius 3 is 1.80 bits per heavy atom. The molecular weight excluding hydrogens is 721 g/mol. The van der Waals surface area contributed by atoms with Gasteiger partial charge in [-0.15, -0.1) is 0 Å². The molecule has 5 nitrogen and oxygen atoms in total. The minimum Gasteiger partial charge on any atom is -0.454 e. The highest BCUT2D eigenvalue weighted by Crippen LogP contribution is 2.51. The lowest BCUT2D eigenvalue weighted by molar-refractivity contribution is 0.660. The van der Waals surface area contributed by atoms with Gasteiger partial charge in [0.15, 0.2) is 17.2 Å². The van der Waals surface area contributed by atoms with Crippen molar-refractivity contribution in [2.24, 2.45) is 0 Å². The van der Waals surface area contributed by atoms with Crippen LogP contribution in [0.3, 0.4) is 0 Å². The van der Waals surface area contributed by atoms with Crippen LogP contribution in [-0.2, 0) is 5.41 Å². The van der Waals surface area contributed by atoms with Gasteiger partial charge in [0.2, 0.25) is 5.95 Å². The van der Waals surface area contributed by atoms with Crippen molar-refractivity contribution in [1.82, 2.24) is 19.5 Å². The molecule has 0 unspecified atom stereocenters. The van der Waals surface area contributed by atoms with Crippen LogP contribution in [0, 0.1) is 0 Å². The normalized spacial score (nSPS) is 13.1. The van der Waals surface area contributed by atoms with Crippen LogP contribution >= 0.6 is 0 Å². The lowest BCUT2D eigenvalue weighted by atomic mass is 9.81. The zero-order chi connectivity index (χ0) is 39.2. The fourth-order valence-electron chi connectivity index (χ4n) is 9.39. The van der Waals surface area contributed by atoms with E-state index in [0.29, 0.717) is 17.6 Å². The fourth-order valence-corrected chi connectivity index (χ4v) is 9.39. The Morgan fingerprint density at radius 1 is 0.441 bits per heavy atom. The highest BCUT2D eigenvalue weighted by Gasteiger charge is 2.35. The Morgan fingerprint density at radius 2 is 1.02 bits per heavy atom. The molecule has 11 aromatic rings. The predicted octanol–water partition coefficient (Wildman–Crippen LogP) is 13.8. The number of furan rings is 1. The van der Waals surface area contributed by atoms with Crippen LogP contribution in [0.2, 0.25) is 0 Å². The van der Waals surface area contributed by atoms with Crippen LogP contribution in [0.25, 0.3) is 106 Å². The smallest absolute Gasteiger partial charge is 0.238 e. The minimum atomic E-state index is -0.143. The van der Waals surface area contributed by atoms with Gasteiger partial charge in [0.1, 0.15) is 11.1 Å². The lowest BCUT2D eigenvalue weighted by Gasteiger charge is -2.22. The molecule has 0 radical (unpaired) electrons. The maximum absolute atomic E-state index is 6.89. The van der Waals surface area contributed by atoms with Gasteiger partial charge >= 0.3 is 0 Å². The van der Waals surface area contributed by atoms with Crippen molar-refractivity contribution in [3.8, 4) is 62.1 Å². The number of hydrogen-bond acceptors (Lipinski definition) is 4. The molecule has 0 saturated carbocycles. The number of rotatable bonds is 5. The minimum absolute atomic E-state index is 0.143. The SMILES string of the molecule is CC1(C)c2ccccc2-c2ccc(-c3cc4c5ccccc5oc4c4c3c3ccccc3n4-c3nc(-c4ccccc4)nc(-c4ccc(-c5ccccc5)cc4)n3)cc21. The lowest BCUT2D eigenvalue weighted by Crippen LogP contribution is -2.14. The fraction of sp³-hybridized carbons (Fsp3) is 0.0556. The second-order valence-electron chi connectivity index (χ2n) is 16.0. The summed E-state index contributed by atoms with van der Waals surface area (Å²) < 4.78 is 9.09. The number of para-hydroxylation sites is 2. The summed E-state index contributed by atoms with van der Waals surface area (Å²) in [5, 5.41) is 4.30. The molecule has 0 N–H and O–H groups in total. The number of nitrogens with zero attached hydrogens (tertiary/aromatic N) is 4. The van der Waals surface area contributed by atoms with E-state index in [-0.39, 0.29) is 5.41 Å². The van der Waals surface area contributed by atoms with Crippen LogP contribution in [0.15, 0.2) is 186 Å². The van der Waals surface area contributed by atoms with E-state index in [9.17, 15) is 0 Å². The Balaban J connectivity index is 1.16. The topological polar surface area (TPSA) is 56.7 Å². The number of benzene rings is 8. The first-order valence-corrected chi connectivity index (χ1v) is 20.1. The third-order valence-corrected chi connectivity index (χ3v) is 12.3. The molecular formula is C54H36N4O. The average molecular weight is 757 g/mol. The molecule has 0 fully saturated rings. The van der Waals surface area contributed by atoms with Crippen molar-refractivity contribution in [2.75, 3.05) is 0 Å². The van der Waals surface area contributed by atoms with E-state index in [1.165, 1.54) is 22.3 Å². The largest absolute Gasteiger partial charge is 0.454 e. The molecule has 0 aliphatic heterocycles. The molecule has 0 saturated heterocycles. The molecule has 278 valence electrons. The standard InChI is InChI=1S/C54H36N4O/c1-54(2)44-22-12-9-19-38(44)39-30-29-37(31-45(39)54)42-32-43-40-20-11-14-24-47(40)59-50(43)49-48(42)41-21-10-13-23-46(41)58(49)53-56-51(35-17-7-4-8-18-35)55-52(57-53)36-27-25-34(26-28-36)33-15-5-3-6-16-33/h3-32H,1-2H3. The van der Waals surface area contributed by atoms with Crippen LogP contribution in [0.1, 0.15) is 25.0 Å². The van der Waals surface area contributed by atoms with Crippen LogP contribution in [0.5, 0.6) is 0 Å². The molecule has 1 aliphatic carbocycles. The summed E-state index contributed by atoms with van der Waals surface area (Å²) in [4.78, 5) is 15.7. The van der Waals surface area contributed by atoms with Gasteiger partial charge in [-0.25, -0.2) is 4.98 Å². The molecule has 3 heterocycles. The van der Waals surface area contributed by atoms with Crippen molar-refractivity contribution in [1.29, 1.82) is 0 Å². The van der Waals surface area contributed by atoms with E-state index >= 15 is 0 Å². The van der Waals surface area contributed by atoms with E-state index in [2.05, 4.69) is 170 Å². The Bertz CT molecular complexity index is 3450.